The van der Waals surface area contributed by atoms with Crippen molar-refractivity contribution >= 4 is 11.9 Å². The zero-order valence-electron chi connectivity index (χ0n) is 11.5. The van der Waals surface area contributed by atoms with Crippen molar-refractivity contribution in [1.82, 2.24) is 10.2 Å². The number of hydrogen-bond acceptors (Lipinski definition) is 4. The van der Waals surface area contributed by atoms with Crippen molar-refractivity contribution in [2.45, 2.75) is 38.8 Å². The Balaban J connectivity index is 2.31. The minimum Gasteiger partial charge on any atom is -0.463 e. The number of amides is 3. The maximum atomic E-state index is 12.4. The Morgan fingerprint density at radius 1 is 1.42 bits per heavy atom. The van der Waals surface area contributed by atoms with Crippen LogP contribution in [0.5, 0.6) is 0 Å². The molecule has 1 atom stereocenters. The predicted octanol–water partition coefficient (Wildman–Crippen LogP) is 1.13. The number of aliphatic hydroxyl groups is 1. The molecule has 1 aliphatic heterocycles. The van der Waals surface area contributed by atoms with Crippen molar-refractivity contribution in [3.8, 4) is 0 Å². The third kappa shape index (κ3) is 2.35. The van der Waals surface area contributed by atoms with Gasteiger partial charge in [0, 0.05) is 0 Å². The molecule has 2 heterocycles. The topological polar surface area (TPSA) is 82.8 Å². The monoisotopic (exact) mass is 266 g/mol. The van der Waals surface area contributed by atoms with Crippen LogP contribution in [-0.4, -0.2) is 34.1 Å². The highest BCUT2D eigenvalue weighted by Gasteiger charge is 2.51. The van der Waals surface area contributed by atoms with Crippen molar-refractivity contribution in [2.24, 2.45) is 0 Å². The number of carbonyl (C=O) groups excluding carboxylic acids is 2. The second kappa shape index (κ2) is 4.09. The molecule has 0 aliphatic carbocycles. The van der Waals surface area contributed by atoms with Crippen LogP contribution in [-0.2, 0) is 10.3 Å². The molecule has 0 saturated carbocycles. The van der Waals surface area contributed by atoms with Crippen molar-refractivity contribution in [1.29, 1.82) is 0 Å². The first kappa shape index (κ1) is 13.6. The Kier molecular flexibility index (Phi) is 2.93. The fraction of sp³-hybridized carbons (Fsp3) is 0.538. The molecule has 6 nitrogen and oxygen atoms in total. The van der Waals surface area contributed by atoms with E-state index in [2.05, 4.69) is 5.32 Å². The van der Waals surface area contributed by atoms with E-state index in [1.165, 1.54) is 0 Å². The van der Waals surface area contributed by atoms with Crippen LogP contribution in [0.1, 0.15) is 32.3 Å². The fourth-order valence-corrected chi connectivity index (χ4v) is 2.10. The van der Waals surface area contributed by atoms with E-state index in [1.807, 2.05) is 0 Å². The second-order valence-electron chi connectivity index (χ2n) is 5.67. The van der Waals surface area contributed by atoms with Gasteiger partial charge in [0.05, 0.1) is 12.1 Å². The first-order valence-corrected chi connectivity index (χ1v) is 6.07. The zero-order chi connectivity index (χ0) is 14.4. The molecule has 0 spiro atoms. The molecule has 3 amide bonds. The lowest BCUT2D eigenvalue weighted by Crippen LogP contribution is -2.44. The first-order valence-electron chi connectivity index (χ1n) is 6.07. The van der Waals surface area contributed by atoms with Gasteiger partial charge in [-0.05, 0) is 39.8 Å². The number of hydrogen-bond donors (Lipinski definition) is 2. The minimum atomic E-state index is -1.21. The average Bonchev–Trinajstić information content (AvgIpc) is 2.77. The van der Waals surface area contributed by atoms with E-state index in [1.54, 1.807) is 39.8 Å². The normalized spacial score (nSPS) is 23.9. The molecule has 1 aromatic rings. The fourth-order valence-electron chi connectivity index (χ4n) is 2.10. The van der Waals surface area contributed by atoms with E-state index >= 15 is 0 Å². The van der Waals surface area contributed by atoms with Gasteiger partial charge in [0.2, 0.25) is 0 Å². The molecule has 1 fully saturated rings. The van der Waals surface area contributed by atoms with Crippen molar-refractivity contribution in [3.63, 3.8) is 0 Å². The summed E-state index contributed by atoms with van der Waals surface area (Å²) in [5.74, 6) is 0.634. The van der Waals surface area contributed by atoms with Gasteiger partial charge in [0.15, 0.2) is 5.54 Å². The number of nitrogens with one attached hydrogen (secondary N) is 1. The summed E-state index contributed by atoms with van der Waals surface area (Å²) >= 11 is 0. The number of aryl methyl sites for hydroxylation is 1. The summed E-state index contributed by atoms with van der Waals surface area (Å²) in [6.07, 6.45) is 0. The lowest BCUT2D eigenvalue weighted by atomic mass is 9.99. The molecule has 6 heteroatoms. The van der Waals surface area contributed by atoms with Gasteiger partial charge in [-0.15, -0.1) is 0 Å². The molecule has 104 valence electrons. The Hall–Kier alpha value is -1.82. The van der Waals surface area contributed by atoms with E-state index in [4.69, 9.17) is 4.42 Å². The second-order valence-corrected chi connectivity index (χ2v) is 5.67. The van der Waals surface area contributed by atoms with Gasteiger partial charge >= 0.3 is 6.03 Å². The lowest BCUT2D eigenvalue weighted by Gasteiger charge is -2.24. The smallest absolute Gasteiger partial charge is 0.325 e. The van der Waals surface area contributed by atoms with Gasteiger partial charge in [-0.25, -0.2) is 4.79 Å². The Bertz CT molecular complexity index is 529. The van der Waals surface area contributed by atoms with Gasteiger partial charge < -0.3 is 14.8 Å². The molecule has 0 radical (unpaired) electrons. The van der Waals surface area contributed by atoms with Crippen molar-refractivity contribution in [2.75, 3.05) is 6.54 Å². The minimum absolute atomic E-state index is 0.0626. The molecule has 0 aromatic carbocycles. The Labute approximate surface area is 111 Å². The van der Waals surface area contributed by atoms with Crippen molar-refractivity contribution < 1.29 is 19.1 Å². The number of rotatable bonds is 3. The number of nitrogens with zero attached hydrogens (tertiary/aromatic N) is 1. The summed E-state index contributed by atoms with van der Waals surface area (Å²) in [6, 6.07) is 2.88. The van der Waals surface area contributed by atoms with E-state index in [0.29, 0.717) is 11.5 Å². The molecule has 19 heavy (non-hydrogen) atoms. The number of imide groups is 1. The first-order chi connectivity index (χ1) is 8.63. The molecule has 1 unspecified atom stereocenters. The van der Waals surface area contributed by atoms with Crippen LogP contribution in [0.4, 0.5) is 4.79 Å². The highest BCUT2D eigenvalue weighted by Crippen LogP contribution is 2.30. The molecule has 1 aliphatic rings. The van der Waals surface area contributed by atoms with Gasteiger partial charge in [-0.3, -0.25) is 9.69 Å². The molecular weight excluding hydrogens is 248 g/mol. The Morgan fingerprint density at radius 3 is 2.53 bits per heavy atom. The number of carbonyl (C=O) groups is 2. The summed E-state index contributed by atoms with van der Waals surface area (Å²) in [4.78, 5) is 25.3. The SMILES string of the molecule is Cc1ccc(C2(C)NC(=O)N(CC(C)(C)O)C2=O)o1. The Morgan fingerprint density at radius 2 is 2.05 bits per heavy atom. The molecular formula is C13H18N2O4. The maximum Gasteiger partial charge on any atom is 0.325 e. The zero-order valence-corrected chi connectivity index (χ0v) is 11.5. The molecule has 2 N–H and O–H groups in total. The summed E-state index contributed by atoms with van der Waals surface area (Å²) < 4.78 is 5.44. The summed E-state index contributed by atoms with van der Waals surface area (Å²) in [5, 5.41) is 12.4. The third-order valence-electron chi connectivity index (χ3n) is 3.05. The van der Waals surface area contributed by atoms with Crippen LogP contribution in [0.25, 0.3) is 0 Å². The van der Waals surface area contributed by atoms with Crippen LogP contribution in [0.2, 0.25) is 0 Å². The van der Waals surface area contributed by atoms with Crippen LogP contribution in [0, 0.1) is 6.92 Å². The van der Waals surface area contributed by atoms with Crippen LogP contribution in [0.15, 0.2) is 16.5 Å². The van der Waals surface area contributed by atoms with E-state index < -0.39 is 23.1 Å². The van der Waals surface area contributed by atoms with Gasteiger partial charge in [0.25, 0.3) is 5.91 Å². The summed E-state index contributed by atoms with van der Waals surface area (Å²) in [7, 11) is 0. The highest BCUT2D eigenvalue weighted by molar-refractivity contribution is 6.06. The van der Waals surface area contributed by atoms with E-state index in [-0.39, 0.29) is 6.54 Å². The van der Waals surface area contributed by atoms with Crippen LogP contribution in [0.3, 0.4) is 0 Å². The van der Waals surface area contributed by atoms with E-state index in [0.717, 1.165) is 4.90 Å². The largest absolute Gasteiger partial charge is 0.463 e. The highest BCUT2D eigenvalue weighted by atomic mass is 16.3. The molecule has 0 bridgehead atoms. The average molecular weight is 266 g/mol. The number of furan rings is 1. The maximum absolute atomic E-state index is 12.4. The quantitative estimate of drug-likeness (QED) is 0.803. The van der Waals surface area contributed by atoms with Crippen LogP contribution >= 0.6 is 0 Å². The van der Waals surface area contributed by atoms with Gasteiger partial charge in [-0.2, -0.15) is 0 Å². The predicted molar refractivity (Wildman–Crippen MR) is 67.3 cm³/mol. The summed E-state index contributed by atoms with van der Waals surface area (Å²) in [6.45, 7) is 6.38. The van der Waals surface area contributed by atoms with Gasteiger partial charge in [0.1, 0.15) is 11.5 Å². The van der Waals surface area contributed by atoms with Crippen LogP contribution < -0.4 is 5.32 Å². The van der Waals surface area contributed by atoms with Gasteiger partial charge in [-0.1, -0.05) is 0 Å². The standard InChI is InChI=1S/C13H18N2O4/c1-8-5-6-9(19-8)13(4)10(16)15(11(17)14-13)7-12(2,3)18/h5-6,18H,7H2,1-4H3,(H,14,17). The number of β-amino-alcohol motifs (C(OH)–C–C–N with tert-alkyl or cyclic N) is 1. The third-order valence-corrected chi connectivity index (χ3v) is 3.05. The molecule has 1 saturated heterocycles. The van der Waals surface area contributed by atoms with Crippen molar-refractivity contribution in [3.05, 3.63) is 23.7 Å². The summed E-state index contributed by atoms with van der Waals surface area (Å²) in [5.41, 5.74) is -2.35. The number of urea groups is 1. The molecule has 2 rings (SSSR count). The molecule has 1 aromatic heterocycles. The van der Waals surface area contributed by atoms with E-state index in [9.17, 15) is 14.7 Å². The lowest BCUT2D eigenvalue weighted by molar-refractivity contribution is -0.133.